The Morgan fingerprint density at radius 2 is 1.52 bits per heavy atom. The van der Waals surface area contributed by atoms with Gasteiger partial charge in [-0.05, 0) is 99.5 Å². The zero-order valence-electron chi connectivity index (χ0n) is 18.7. The fourth-order valence-electron chi connectivity index (χ4n) is 5.56. The number of benzene rings is 1. The van der Waals surface area contributed by atoms with Crippen molar-refractivity contribution in [1.29, 1.82) is 0 Å². The lowest BCUT2D eigenvalue weighted by Gasteiger charge is -2.37. The molecule has 2 aliphatic carbocycles. The Balaban J connectivity index is 1.32. The Hall–Kier alpha value is -1.34. The van der Waals surface area contributed by atoms with Gasteiger partial charge in [0.1, 0.15) is 0 Å². The Labute approximate surface area is 179 Å². The number of ether oxygens (including phenoxy) is 1. The fraction of sp³-hybridized carbons (Fsp3) is 0.643. The molecule has 2 fully saturated rings. The minimum absolute atomic E-state index is 0.717. The molecule has 1 heteroatoms. The molecule has 0 heterocycles. The van der Waals surface area contributed by atoms with Crippen molar-refractivity contribution in [2.45, 2.75) is 84.2 Å². The topological polar surface area (TPSA) is 9.23 Å². The number of hydrogen-bond donors (Lipinski definition) is 0. The largest absolute Gasteiger partial charge is 0.376 e. The van der Waals surface area contributed by atoms with Crippen LogP contribution < -0.4 is 0 Å². The van der Waals surface area contributed by atoms with Crippen LogP contribution in [0.2, 0.25) is 0 Å². The van der Waals surface area contributed by atoms with Gasteiger partial charge in [-0.1, -0.05) is 55.3 Å². The first-order chi connectivity index (χ1) is 14.3. The number of aryl methyl sites for hydroxylation is 1. The molecule has 0 amide bonds. The molecule has 1 aromatic carbocycles. The molecule has 0 atom stereocenters. The standard InChI is InChI=1S/C28H42O/c1-3-5-21-29-22-26-11-9-24(10-12-26)7-8-25-15-19-28(20-16-25)27-17-13-23(6-4-2)14-18-27/h3-4,6,9-12,23,25,27-28H,1,5,7-8,13-22H2,2H3/b6-4-. The van der Waals surface area contributed by atoms with Crippen molar-refractivity contribution in [3.05, 3.63) is 60.2 Å². The van der Waals surface area contributed by atoms with Crippen molar-refractivity contribution in [2.24, 2.45) is 23.7 Å². The molecule has 3 rings (SSSR count). The third kappa shape index (κ3) is 7.45. The highest BCUT2D eigenvalue weighted by molar-refractivity contribution is 5.22. The van der Waals surface area contributed by atoms with Gasteiger partial charge < -0.3 is 4.74 Å². The first-order valence-electron chi connectivity index (χ1n) is 12.2. The van der Waals surface area contributed by atoms with Crippen LogP contribution in [0.25, 0.3) is 0 Å². The number of allylic oxidation sites excluding steroid dienone is 2. The van der Waals surface area contributed by atoms with Crippen LogP contribution in [0, 0.1) is 23.7 Å². The van der Waals surface area contributed by atoms with E-state index in [0.29, 0.717) is 0 Å². The van der Waals surface area contributed by atoms with E-state index < -0.39 is 0 Å². The van der Waals surface area contributed by atoms with E-state index in [2.05, 4.69) is 49.9 Å². The lowest BCUT2D eigenvalue weighted by molar-refractivity contribution is 0.125. The summed E-state index contributed by atoms with van der Waals surface area (Å²) in [5.41, 5.74) is 2.77. The van der Waals surface area contributed by atoms with E-state index in [9.17, 15) is 0 Å². The summed E-state index contributed by atoms with van der Waals surface area (Å²) in [6.07, 6.45) is 21.9. The van der Waals surface area contributed by atoms with Gasteiger partial charge in [0.15, 0.2) is 0 Å². The van der Waals surface area contributed by atoms with Crippen LogP contribution in [0.4, 0.5) is 0 Å². The minimum Gasteiger partial charge on any atom is -0.376 e. The SMILES string of the molecule is C=CCCOCc1ccc(CCC2CCC(C3CCC(/C=C\C)CC3)CC2)cc1. The molecule has 0 bridgehead atoms. The molecule has 2 saturated carbocycles. The van der Waals surface area contributed by atoms with Crippen molar-refractivity contribution in [1.82, 2.24) is 0 Å². The zero-order chi connectivity index (χ0) is 20.3. The molecule has 0 saturated heterocycles. The predicted octanol–water partition coefficient (Wildman–Crippen LogP) is 7.90. The maximum Gasteiger partial charge on any atom is 0.0717 e. The van der Waals surface area contributed by atoms with Gasteiger partial charge in [-0.15, -0.1) is 6.58 Å². The van der Waals surface area contributed by atoms with Crippen LogP contribution in [0.15, 0.2) is 49.1 Å². The summed E-state index contributed by atoms with van der Waals surface area (Å²) in [5.74, 6) is 3.88. The molecule has 29 heavy (non-hydrogen) atoms. The van der Waals surface area contributed by atoms with Crippen LogP contribution in [0.5, 0.6) is 0 Å². The summed E-state index contributed by atoms with van der Waals surface area (Å²) in [4.78, 5) is 0. The molecule has 0 radical (unpaired) electrons. The number of hydrogen-bond acceptors (Lipinski definition) is 1. The average molecular weight is 395 g/mol. The summed E-state index contributed by atoms with van der Waals surface area (Å²) in [5, 5.41) is 0. The van der Waals surface area contributed by atoms with Crippen molar-refractivity contribution >= 4 is 0 Å². The molecule has 0 unspecified atom stereocenters. The monoisotopic (exact) mass is 394 g/mol. The predicted molar refractivity (Wildman–Crippen MR) is 125 cm³/mol. The summed E-state index contributed by atoms with van der Waals surface area (Å²) < 4.78 is 5.66. The molecule has 2 aliphatic rings. The van der Waals surface area contributed by atoms with E-state index in [4.69, 9.17) is 4.74 Å². The molecule has 0 N–H and O–H groups in total. The molecular weight excluding hydrogens is 352 g/mol. The lowest BCUT2D eigenvalue weighted by atomic mass is 9.68. The van der Waals surface area contributed by atoms with Gasteiger partial charge in [0.05, 0.1) is 13.2 Å². The molecule has 160 valence electrons. The molecule has 0 aliphatic heterocycles. The summed E-state index contributed by atoms with van der Waals surface area (Å²) in [7, 11) is 0. The maximum atomic E-state index is 5.66. The molecule has 1 aromatic rings. The molecule has 1 nitrogen and oxygen atoms in total. The average Bonchev–Trinajstić information content (AvgIpc) is 2.77. The van der Waals surface area contributed by atoms with E-state index >= 15 is 0 Å². The van der Waals surface area contributed by atoms with Gasteiger partial charge in [0, 0.05) is 0 Å². The smallest absolute Gasteiger partial charge is 0.0717 e. The highest BCUT2D eigenvalue weighted by Crippen LogP contribution is 2.42. The third-order valence-corrected chi connectivity index (χ3v) is 7.44. The van der Waals surface area contributed by atoms with Gasteiger partial charge in [0.2, 0.25) is 0 Å². The molecule has 0 aromatic heterocycles. The second-order valence-electron chi connectivity index (χ2n) is 9.47. The Kier molecular flexibility index (Phi) is 9.54. The van der Waals surface area contributed by atoms with E-state index in [0.717, 1.165) is 43.3 Å². The van der Waals surface area contributed by atoms with Crippen LogP contribution in [0.1, 0.15) is 82.3 Å². The quantitative estimate of drug-likeness (QED) is 0.289. The normalized spacial score (nSPS) is 27.9. The fourth-order valence-corrected chi connectivity index (χ4v) is 5.56. The van der Waals surface area contributed by atoms with Gasteiger partial charge in [0.25, 0.3) is 0 Å². The summed E-state index contributed by atoms with van der Waals surface area (Å²) in [6.45, 7) is 7.38. The van der Waals surface area contributed by atoms with Gasteiger partial charge in [-0.25, -0.2) is 0 Å². The Morgan fingerprint density at radius 1 is 0.897 bits per heavy atom. The molecule has 0 spiro atoms. The Bertz CT molecular complexity index is 598. The van der Waals surface area contributed by atoms with E-state index in [1.807, 2.05) is 6.08 Å². The van der Waals surface area contributed by atoms with Crippen LogP contribution >= 0.6 is 0 Å². The number of rotatable bonds is 10. The van der Waals surface area contributed by atoms with Crippen molar-refractivity contribution in [2.75, 3.05) is 6.61 Å². The van der Waals surface area contributed by atoms with E-state index in [1.54, 1.807) is 0 Å². The Morgan fingerprint density at radius 3 is 2.14 bits per heavy atom. The zero-order valence-corrected chi connectivity index (χ0v) is 18.7. The van der Waals surface area contributed by atoms with E-state index in [-0.39, 0.29) is 0 Å². The molecular formula is C28H42O. The van der Waals surface area contributed by atoms with Gasteiger partial charge in [-0.3, -0.25) is 0 Å². The maximum absolute atomic E-state index is 5.66. The minimum atomic E-state index is 0.717. The van der Waals surface area contributed by atoms with Crippen LogP contribution in [0.3, 0.4) is 0 Å². The van der Waals surface area contributed by atoms with Crippen LogP contribution in [-0.2, 0) is 17.8 Å². The first-order valence-corrected chi connectivity index (χ1v) is 12.2. The van der Waals surface area contributed by atoms with Crippen molar-refractivity contribution in [3.63, 3.8) is 0 Å². The van der Waals surface area contributed by atoms with Crippen molar-refractivity contribution < 1.29 is 4.74 Å². The lowest BCUT2D eigenvalue weighted by Crippen LogP contribution is -2.25. The second-order valence-corrected chi connectivity index (χ2v) is 9.47. The van der Waals surface area contributed by atoms with Crippen molar-refractivity contribution in [3.8, 4) is 0 Å². The summed E-state index contributed by atoms with van der Waals surface area (Å²) >= 11 is 0. The first kappa shape index (κ1) is 22.3. The van der Waals surface area contributed by atoms with Gasteiger partial charge in [-0.2, -0.15) is 0 Å². The summed E-state index contributed by atoms with van der Waals surface area (Å²) in [6, 6.07) is 9.09. The van der Waals surface area contributed by atoms with Crippen LogP contribution in [-0.4, -0.2) is 6.61 Å². The van der Waals surface area contributed by atoms with Gasteiger partial charge >= 0.3 is 0 Å². The second kappa shape index (κ2) is 12.4. The highest BCUT2D eigenvalue weighted by Gasteiger charge is 2.30. The highest BCUT2D eigenvalue weighted by atomic mass is 16.5. The third-order valence-electron chi connectivity index (χ3n) is 7.44. The van der Waals surface area contributed by atoms with E-state index in [1.165, 1.54) is 75.3 Å².